The minimum atomic E-state index is -0.108. The van der Waals surface area contributed by atoms with Gasteiger partial charge in [-0.05, 0) is 24.3 Å². The molecule has 0 aliphatic rings. The topological polar surface area (TPSA) is 41.1 Å². The molecule has 0 saturated carbocycles. The smallest absolute Gasteiger partial charge is 0.251 e. The van der Waals surface area contributed by atoms with Gasteiger partial charge in [0.15, 0.2) is 0 Å². The molecule has 0 aliphatic carbocycles. The van der Waals surface area contributed by atoms with E-state index >= 15 is 0 Å². The largest absolute Gasteiger partial charge is 0.374 e. The predicted molar refractivity (Wildman–Crippen MR) is 66.3 cm³/mol. The molecule has 0 radical (unpaired) electrons. The first-order chi connectivity index (χ1) is 7.77. The van der Waals surface area contributed by atoms with Gasteiger partial charge in [-0.15, -0.1) is 13.0 Å². The second kappa shape index (κ2) is 6.31. The Kier molecular flexibility index (Phi) is 4.68. The summed E-state index contributed by atoms with van der Waals surface area (Å²) in [6.45, 7) is 4.47. The van der Waals surface area contributed by atoms with Crippen LogP contribution in [0.2, 0.25) is 0 Å². The van der Waals surface area contributed by atoms with Crippen molar-refractivity contribution in [1.82, 2.24) is 5.32 Å². The van der Waals surface area contributed by atoms with E-state index in [1.165, 1.54) is 0 Å². The summed E-state index contributed by atoms with van der Waals surface area (Å²) in [7, 11) is 0. The van der Waals surface area contributed by atoms with Gasteiger partial charge in [-0.2, -0.15) is 0 Å². The number of hydrogen-bond donors (Lipinski definition) is 2. The highest BCUT2D eigenvalue weighted by Gasteiger charge is 2.02. The lowest BCUT2D eigenvalue weighted by atomic mass is 10.2. The number of carbonyl (C=O) groups excluding carboxylic acids is 1. The Labute approximate surface area is 95.6 Å². The van der Waals surface area contributed by atoms with E-state index in [9.17, 15) is 4.79 Å². The number of benzene rings is 1. The average Bonchev–Trinajstić information content (AvgIpc) is 2.34. The molecule has 3 heteroatoms. The molecule has 0 spiro atoms. The Hall–Kier alpha value is -2.21. The van der Waals surface area contributed by atoms with Gasteiger partial charge in [-0.1, -0.05) is 12.0 Å². The third kappa shape index (κ3) is 3.50. The van der Waals surface area contributed by atoms with Crippen LogP contribution in [0.25, 0.3) is 0 Å². The highest BCUT2D eigenvalue weighted by Crippen LogP contribution is 2.08. The second-order valence-electron chi connectivity index (χ2n) is 3.13. The van der Waals surface area contributed by atoms with Crippen molar-refractivity contribution in [1.29, 1.82) is 0 Å². The fourth-order valence-corrected chi connectivity index (χ4v) is 1.16. The number of carbonyl (C=O) groups is 1. The van der Waals surface area contributed by atoms with Crippen LogP contribution in [0.1, 0.15) is 10.4 Å². The number of anilines is 1. The maximum absolute atomic E-state index is 11.5. The molecule has 0 bridgehead atoms. The SMILES string of the molecule is C#CCNc1ccc(C(=O)NCC=C)cc1. The van der Waals surface area contributed by atoms with Crippen LogP contribution >= 0.6 is 0 Å². The van der Waals surface area contributed by atoms with Gasteiger partial charge >= 0.3 is 0 Å². The molecule has 0 aliphatic heterocycles. The minimum Gasteiger partial charge on any atom is -0.374 e. The van der Waals surface area contributed by atoms with Crippen LogP contribution in [0.3, 0.4) is 0 Å². The van der Waals surface area contributed by atoms with Gasteiger partial charge in [0.05, 0.1) is 6.54 Å². The van der Waals surface area contributed by atoms with Gasteiger partial charge < -0.3 is 10.6 Å². The molecular weight excluding hydrogens is 200 g/mol. The number of nitrogens with one attached hydrogen (secondary N) is 2. The van der Waals surface area contributed by atoms with Crippen LogP contribution in [0.4, 0.5) is 5.69 Å². The average molecular weight is 214 g/mol. The molecule has 1 amide bonds. The molecule has 82 valence electrons. The van der Waals surface area contributed by atoms with Crippen LogP contribution in [-0.2, 0) is 0 Å². The molecule has 16 heavy (non-hydrogen) atoms. The minimum absolute atomic E-state index is 0.108. The van der Waals surface area contributed by atoms with E-state index in [2.05, 4.69) is 23.1 Å². The monoisotopic (exact) mass is 214 g/mol. The van der Waals surface area contributed by atoms with Crippen molar-refractivity contribution in [2.75, 3.05) is 18.4 Å². The van der Waals surface area contributed by atoms with Crippen LogP contribution in [0.15, 0.2) is 36.9 Å². The lowest BCUT2D eigenvalue weighted by Gasteiger charge is -2.05. The molecule has 1 aromatic rings. The quantitative estimate of drug-likeness (QED) is 0.578. The van der Waals surface area contributed by atoms with Crippen molar-refractivity contribution in [3.8, 4) is 12.3 Å². The molecule has 1 rings (SSSR count). The van der Waals surface area contributed by atoms with Crippen LogP contribution in [0, 0.1) is 12.3 Å². The lowest BCUT2D eigenvalue weighted by Crippen LogP contribution is -2.23. The summed E-state index contributed by atoms with van der Waals surface area (Å²) in [5.74, 6) is 2.37. The summed E-state index contributed by atoms with van der Waals surface area (Å²) in [4.78, 5) is 11.5. The molecule has 0 unspecified atom stereocenters. The first kappa shape index (κ1) is 11.9. The first-order valence-electron chi connectivity index (χ1n) is 4.94. The number of hydrogen-bond acceptors (Lipinski definition) is 2. The van der Waals surface area contributed by atoms with E-state index in [4.69, 9.17) is 6.42 Å². The van der Waals surface area contributed by atoms with Crippen LogP contribution in [-0.4, -0.2) is 19.0 Å². The molecule has 0 saturated heterocycles. The molecule has 0 heterocycles. The van der Waals surface area contributed by atoms with Crippen molar-refractivity contribution in [3.63, 3.8) is 0 Å². The van der Waals surface area contributed by atoms with Gasteiger partial charge in [0, 0.05) is 17.8 Å². The predicted octanol–water partition coefficient (Wildman–Crippen LogP) is 1.65. The van der Waals surface area contributed by atoms with Gasteiger partial charge in [0.1, 0.15) is 0 Å². The lowest BCUT2D eigenvalue weighted by molar-refractivity contribution is 0.0958. The third-order valence-electron chi connectivity index (χ3n) is 1.95. The van der Waals surface area contributed by atoms with E-state index < -0.39 is 0 Å². The summed E-state index contributed by atoms with van der Waals surface area (Å²) in [5.41, 5.74) is 1.52. The van der Waals surface area contributed by atoms with Crippen LogP contribution < -0.4 is 10.6 Å². The highest BCUT2D eigenvalue weighted by atomic mass is 16.1. The Bertz CT molecular complexity index is 401. The maximum Gasteiger partial charge on any atom is 0.251 e. The molecule has 2 N–H and O–H groups in total. The Morgan fingerprint density at radius 1 is 1.44 bits per heavy atom. The van der Waals surface area contributed by atoms with Crippen molar-refractivity contribution >= 4 is 11.6 Å². The zero-order valence-corrected chi connectivity index (χ0v) is 8.99. The highest BCUT2D eigenvalue weighted by molar-refractivity contribution is 5.94. The molecule has 3 nitrogen and oxygen atoms in total. The summed E-state index contributed by atoms with van der Waals surface area (Å²) < 4.78 is 0. The van der Waals surface area contributed by atoms with Crippen molar-refractivity contribution < 1.29 is 4.79 Å². The number of rotatable bonds is 5. The van der Waals surface area contributed by atoms with Gasteiger partial charge in [0.2, 0.25) is 0 Å². The van der Waals surface area contributed by atoms with Gasteiger partial charge in [-0.3, -0.25) is 4.79 Å². The van der Waals surface area contributed by atoms with Gasteiger partial charge in [0.25, 0.3) is 5.91 Å². The van der Waals surface area contributed by atoms with E-state index in [-0.39, 0.29) is 5.91 Å². The number of amides is 1. The van der Waals surface area contributed by atoms with E-state index in [0.717, 1.165) is 5.69 Å². The zero-order valence-electron chi connectivity index (χ0n) is 8.99. The fourth-order valence-electron chi connectivity index (χ4n) is 1.16. The summed E-state index contributed by atoms with van der Waals surface area (Å²) in [6.07, 6.45) is 6.76. The maximum atomic E-state index is 11.5. The Morgan fingerprint density at radius 2 is 2.12 bits per heavy atom. The van der Waals surface area contributed by atoms with E-state index in [0.29, 0.717) is 18.7 Å². The summed E-state index contributed by atoms with van der Waals surface area (Å²) in [5, 5.41) is 5.72. The molecule has 1 aromatic carbocycles. The van der Waals surface area contributed by atoms with E-state index in [1.807, 2.05) is 12.1 Å². The fraction of sp³-hybridized carbons (Fsp3) is 0.154. The number of terminal acetylenes is 1. The molecular formula is C13H14N2O. The molecule has 0 atom stereocenters. The summed E-state index contributed by atoms with van der Waals surface area (Å²) in [6, 6.07) is 7.13. The molecule has 0 aromatic heterocycles. The standard InChI is InChI=1S/C13H14N2O/c1-3-9-14-12-7-5-11(6-8-12)13(16)15-10-4-2/h1,4-8,14H,2,9-10H2,(H,15,16). The third-order valence-corrected chi connectivity index (χ3v) is 1.95. The van der Waals surface area contributed by atoms with Crippen molar-refractivity contribution in [3.05, 3.63) is 42.5 Å². The van der Waals surface area contributed by atoms with Gasteiger partial charge in [-0.25, -0.2) is 0 Å². The van der Waals surface area contributed by atoms with Crippen molar-refractivity contribution in [2.24, 2.45) is 0 Å². The second-order valence-corrected chi connectivity index (χ2v) is 3.13. The van der Waals surface area contributed by atoms with Crippen LogP contribution in [0.5, 0.6) is 0 Å². The Morgan fingerprint density at radius 3 is 2.69 bits per heavy atom. The van der Waals surface area contributed by atoms with E-state index in [1.54, 1.807) is 18.2 Å². The van der Waals surface area contributed by atoms with Crippen molar-refractivity contribution in [2.45, 2.75) is 0 Å². The Balaban J connectivity index is 2.60. The summed E-state index contributed by atoms with van der Waals surface area (Å²) >= 11 is 0. The normalized spacial score (nSPS) is 8.94. The first-order valence-corrected chi connectivity index (χ1v) is 4.94. The molecule has 0 fully saturated rings. The zero-order chi connectivity index (χ0) is 11.8.